The summed E-state index contributed by atoms with van der Waals surface area (Å²) in [6.07, 6.45) is 1.08. The third-order valence-electron chi connectivity index (χ3n) is 4.02. The summed E-state index contributed by atoms with van der Waals surface area (Å²) in [5.74, 6) is 0. The van der Waals surface area contributed by atoms with Crippen LogP contribution in [-0.2, 0) is 0 Å². The van der Waals surface area contributed by atoms with Gasteiger partial charge in [0.1, 0.15) is 0 Å². The van der Waals surface area contributed by atoms with E-state index in [1.165, 1.54) is 16.8 Å². The molecule has 2 rings (SSSR count). The van der Waals surface area contributed by atoms with E-state index < -0.39 is 0 Å². The fourth-order valence-electron chi connectivity index (χ4n) is 2.64. The fourth-order valence-corrected chi connectivity index (χ4v) is 2.64. The van der Waals surface area contributed by atoms with Gasteiger partial charge in [0.05, 0.1) is 0 Å². The van der Waals surface area contributed by atoms with Gasteiger partial charge in [0, 0.05) is 24.8 Å². The van der Waals surface area contributed by atoms with Crippen molar-refractivity contribution in [2.45, 2.75) is 40.2 Å². The lowest BCUT2D eigenvalue weighted by Crippen LogP contribution is -2.52. The first-order valence-corrected chi connectivity index (χ1v) is 6.48. The van der Waals surface area contributed by atoms with Gasteiger partial charge < -0.3 is 10.6 Å². The molecule has 1 heterocycles. The Morgan fingerprint density at radius 1 is 1.29 bits per heavy atom. The molecule has 0 spiro atoms. The van der Waals surface area contributed by atoms with Crippen molar-refractivity contribution in [1.82, 2.24) is 0 Å². The van der Waals surface area contributed by atoms with Crippen LogP contribution in [0.5, 0.6) is 0 Å². The Hall–Kier alpha value is -1.02. The lowest BCUT2D eigenvalue weighted by molar-refractivity contribution is 0.245. The maximum absolute atomic E-state index is 6.19. The molecule has 1 aromatic carbocycles. The predicted octanol–water partition coefficient (Wildman–Crippen LogP) is 2.87. The number of rotatable bonds is 1. The molecule has 0 aromatic heterocycles. The second kappa shape index (κ2) is 4.34. The van der Waals surface area contributed by atoms with Crippen molar-refractivity contribution in [2.75, 3.05) is 18.0 Å². The third kappa shape index (κ3) is 2.47. The van der Waals surface area contributed by atoms with Gasteiger partial charge in [0.2, 0.25) is 0 Å². The van der Waals surface area contributed by atoms with E-state index >= 15 is 0 Å². The zero-order chi connectivity index (χ0) is 12.6. The summed E-state index contributed by atoms with van der Waals surface area (Å²) in [5, 5.41) is 0. The topological polar surface area (TPSA) is 29.3 Å². The molecule has 1 atom stereocenters. The largest absolute Gasteiger partial charge is 0.371 e. The predicted molar refractivity (Wildman–Crippen MR) is 74.5 cm³/mol. The van der Waals surface area contributed by atoms with Crippen LogP contribution < -0.4 is 10.6 Å². The number of nitrogens with zero attached hydrogens (tertiary/aromatic N) is 1. The maximum Gasteiger partial charge on any atom is 0.0398 e. The zero-order valence-electron chi connectivity index (χ0n) is 11.5. The summed E-state index contributed by atoms with van der Waals surface area (Å²) >= 11 is 0. The number of benzene rings is 1. The molecule has 1 aliphatic rings. The second-order valence-corrected chi connectivity index (χ2v) is 6.10. The average Bonchev–Trinajstić information content (AvgIpc) is 2.25. The number of hydrogen-bond donors (Lipinski definition) is 1. The number of nitrogens with two attached hydrogens (primary N) is 1. The second-order valence-electron chi connectivity index (χ2n) is 6.10. The maximum atomic E-state index is 6.19. The van der Waals surface area contributed by atoms with Gasteiger partial charge in [-0.1, -0.05) is 26.0 Å². The normalized spacial score (nSPS) is 23.8. The minimum Gasteiger partial charge on any atom is -0.371 e. The Morgan fingerprint density at radius 2 is 2.00 bits per heavy atom. The highest BCUT2D eigenvalue weighted by atomic mass is 15.2. The van der Waals surface area contributed by atoms with Gasteiger partial charge in [-0.3, -0.25) is 0 Å². The molecule has 2 heteroatoms. The first-order chi connectivity index (χ1) is 7.90. The van der Waals surface area contributed by atoms with E-state index in [4.69, 9.17) is 5.73 Å². The minimum absolute atomic E-state index is 0.203. The molecule has 2 N–H and O–H groups in total. The van der Waals surface area contributed by atoms with Gasteiger partial charge in [0.25, 0.3) is 0 Å². The summed E-state index contributed by atoms with van der Waals surface area (Å²) in [6, 6.07) is 7.01. The van der Waals surface area contributed by atoms with E-state index in [-0.39, 0.29) is 5.41 Å². The van der Waals surface area contributed by atoms with Crippen LogP contribution in [0.4, 0.5) is 5.69 Å². The van der Waals surface area contributed by atoms with Crippen molar-refractivity contribution < 1.29 is 0 Å². The van der Waals surface area contributed by atoms with Crippen molar-refractivity contribution in [3.63, 3.8) is 0 Å². The van der Waals surface area contributed by atoms with Crippen molar-refractivity contribution in [3.05, 3.63) is 29.3 Å². The van der Waals surface area contributed by atoms with Gasteiger partial charge in [-0.2, -0.15) is 0 Å². The quantitative estimate of drug-likeness (QED) is 0.806. The average molecular weight is 232 g/mol. The van der Waals surface area contributed by atoms with Gasteiger partial charge in [-0.25, -0.2) is 0 Å². The number of piperidine rings is 1. The third-order valence-corrected chi connectivity index (χ3v) is 4.02. The standard InChI is InChI=1S/C15H24N2/c1-11-5-6-12(2)13(9-11)17-8-7-14(16)15(3,4)10-17/h5-6,9,14H,7-8,10,16H2,1-4H3. The molecule has 1 fully saturated rings. The summed E-state index contributed by atoms with van der Waals surface area (Å²) in [6.45, 7) is 11.0. The number of anilines is 1. The Morgan fingerprint density at radius 3 is 2.65 bits per heavy atom. The summed E-state index contributed by atoms with van der Waals surface area (Å²) in [5.41, 5.74) is 10.5. The van der Waals surface area contributed by atoms with E-state index in [9.17, 15) is 0 Å². The van der Waals surface area contributed by atoms with Crippen molar-refractivity contribution in [3.8, 4) is 0 Å². The first-order valence-electron chi connectivity index (χ1n) is 6.48. The molecule has 0 saturated carbocycles. The highest BCUT2D eigenvalue weighted by Gasteiger charge is 2.33. The van der Waals surface area contributed by atoms with Crippen LogP contribution in [0.2, 0.25) is 0 Å². The van der Waals surface area contributed by atoms with Crippen LogP contribution in [0.25, 0.3) is 0 Å². The van der Waals surface area contributed by atoms with Gasteiger partial charge in [-0.05, 0) is 42.9 Å². The van der Waals surface area contributed by atoms with E-state index in [0.29, 0.717) is 6.04 Å². The Kier molecular flexibility index (Phi) is 3.17. The summed E-state index contributed by atoms with van der Waals surface area (Å²) < 4.78 is 0. The van der Waals surface area contributed by atoms with Gasteiger partial charge in [-0.15, -0.1) is 0 Å². The molecule has 0 aliphatic carbocycles. The molecular formula is C15H24N2. The van der Waals surface area contributed by atoms with Crippen LogP contribution in [0.15, 0.2) is 18.2 Å². The molecule has 0 radical (unpaired) electrons. The zero-order valence-corrected chi connectivity index (χ0v) is 11.5. The van der Waals surface area contributed by atoms with E-state index in [1.807, 2.05) is 0 Å². The fraction of sp³-hybridized carbons (Fsp3) is 0.600. The molecule has 1 aliphatic heterocycles. The Bertz CT molecular complexity index is 409. The lowest BCUT2D eigenvalue weighted by atomic mass is 9.79. The van der Waals surface area contributed by atoms with Crippen LogP contribution in [0.3, 0.4) is 0 Å². The summed E-state index contributed by atoms with van der Waals surface area (Å²) in [7, 11) is 0. The Labute approximate surface area is 105 Å². The summed E-state index contributed by atoms with van der Waals surface area (Å²) in [4.78, 5) is 2.49. The molecular weight excluding hydrogens is 208 g/mol. The van der Waals surface area contributed by atoms with E-state index in [2.05, 4.69) is 50.8 Å². The molecule has 0 bridgehead atoms. The molecule has 2 nitrogen and oxygen atoms in total. The number of aryl methyl sites for hydroxylation is 2. The van der Waals surface area contributed by atoms with Crippen LogP contribution in [0, 0.1) is 19.3 Å². The number of hydrogen-bond acceptors (Lipinski definition) is 2. The minimum atomic E-state index is 0.203. The van der Waals surface area contributed by atoms with Crippen molar-refractivity contribution in [2.24, 2.45) is 11.1 Å². The monoisotopic (exact) mass is 232 g/mol. The molecule has 1 unspecified atom stereocenters. The molecule has 94 valence electrons. The first kappa shape index (κ1) is 12.4. The van der Waals surface area contributed by atoms with Gasteiger partial charge >= 0.3 is 0 Å². The van der Waals surface area contributed by atoms with Crippen LogP contribution in [-0.4, -0.2) is 19.1 Å². The molecule has 1 saturated heterocycles. The van der Waals surface area contributed by atoms with E-state index in [1.54, 1.807) is 0 Å². The van der Waals surface area contributed by atoms with Gasteiger partial charge in [0.15, 0.2) is 0 Å². The van der Waals surface area contributed by atoms with Crippen LogP contribution >= 0.6 is 0 Å². The lowest BCUT2D eigenvalue weighted by Gasteiger charge is -2.44. The van der Waals surface area contributed by atoms with Crippen LogP contribution in [0.1, 0.15) is 31.4 Å². The molecule has 0 amide bonds. The molecule has 1 aromatic rings. The SMILES string of the molecule is Cc1ccc(C)c(N2CCC(N)C(C)(C)C2)c1. The van der Waals surface area contributed by atoms with E-state index in [0.717, 1.165) is 19.5 Å². The van der Waals surface area contributed by atoms with Crippen molar-refractivity contribution in [1.29, 1.82) is 0 Å². The highest BCUT2D eigenvalue weighted by molar-refractivity contribution is 5.55. The molecule has 17 heavy (non-hydrogen) atoms. The highest BCUT2D eigenvalue weighted by Crippen LogP contribution is 2.32. The van der Waals surface area contributed by atoms with Crippen molar-refractivity contribution >= 4 is 5.69 Å². The smallest absolute Gasteiger partial charge is 0.0398 e. The Balaban J connectivity index is 2.26.